The molecule has 3 rings (SSSR count). The molecule has 0 aliphatic carbocycles. The number of fused-ring (bicyclic) bond motifs is 1. The molecule has 0 atom stereocenters. The van der Waals surface area contributed by atoms with Crippen molar-refractivity contribution < 1.29 is 9.59 Å². The van der Waals surface area contributed by atoms with E-state index in [4.69, 9.17) is 0 Å². The van der Waals surface area contributed by atoms with E-state index in [0.717, 1.165) is 26.5 Å². The van der Waals surface area contributed by atoms with Gasteiger partial charge in [-0.25, -0.2) is 4.98 Å². The van der Waals surface area contributed by atoms with Crippen LogP contribution in [0.2, 0.25) is 0 Å². The minimum absolute atomic E-state index is 0.0655. The number of carbonyl (C=O) groups excluding carboxylic acids is 2. The molecule has 140 valence electrons. The van der Waals surface area contributed by atoms with Crippen molar-refractivity contribution in [3.8, 4) is 0 Å². The summed E-state index contributed by atoms with van der Waals surface area (Å²) < 4.78 is 1.16. The fourth-order valence-corrected chi connectivity index (χ4v) is 4.07. The number of nitrogens with one attached hydrogen (secondary N) is 2. The van der Waals surface area contributed by atoms with Crippen LogP contribution in [0, 0.1) is 6.92 Å². The Morgan fingerprint density at radius 3 is 2.56 bits per heavy atom. The maximum atomic E-state index is 11.9. The van der Waals surface area contributed by atoms with E-state index in [9.17, 15) is 9.59 Å². The number of amides is 2. The van der Waals surface area contributed by atoms with E-state index < -0.39 is 0 Å². The second-order valence-electron chi connectivity index (χ2n) is 6.08. The van der Waals surface area contributed by atoms with Gasteiger partial charge in [-0.15, -0.1) is 23.1 Å². The number of aryl methyl sites for hydroxylation is 1. The van der Waals surface area contributed by atoms with Gasteiger partial charge in [-0.05, 0) is 31.2 Å². The average molecular weight is 400 g/mol. The molecule has 5 nitrogen and oxygen atoms in total. The number of para-hydroxylation sites is 1. The van der Waals surface area contributed by atoms with Gasteiger partial charge in [0.15, 0.2) is 0 Å². The van der Waals surface area contributed by atoms with Gasteiger partial charge in [0.25, 0.3) is 0 Å². The second kappa shape index (κ2) is 9.53. The summed E-state index contributed by atoms with van der Waals surface area (Å²) in [5, 5.41) is 6.72. The fourth-order valence-electron chi connectivity index (χ4n) is 2.46. The second-order valence-corrected chi connectivity index (χ2v) is 8.18. The number of hydrogen-bond donors (Lipinski definition) is 2. The summed E-state index contributed by atoms with van der Waals surface area (Å²) in [6, 6.07) is 15.6. The Bertz CT molecular complexity index is 889. The Labute approximate surface area is 166 Å². The van der Waals surface area contributed by atoms with Crippen LogP contribution < -0.4 is 10.6 Å². The molecule has 2 N–H and O–H groups in total. The first kappa shape index (κ1) is 19.4. The summed E-state index contributed by atoms with van der Waals surface area (Å²) in [6.07, 6.45) is 0.712. The molecule has 0 fully saturated rings. The van der Waals surface area contributed by atoms with Crippen LogP contribution in [0.15, 0.2) is 48.5 Å². The summed E-state index contributed by atoms with van der Waals surface area (Å²) >= 11 is 2.96. The fraction of sp³-hybridized carbons (Fsp3) is 0.250. The van der Waals surface area contributed by atoms with Crippen molar-refractivity contribution in [1.82, 2.24) is 10.3 Å². The molecule has 27 heavy (non-hydrogen) atoms. The third kappa shape index (κ3) is 6.08. The van der Waals surface area contributed by atoms with Gasteiger partial charge in [0, 0.05) is 18.7 Å². The van der Waals surface area contributed by atoms with Crippen molar-refractivity contribution in [2.45, 2.75) is 13.3 Å². The van der Waals surface area contributed by atoms with Crippen molar-refractivity contribution in [3.05, 3.63) is 59.1 Å². The van der Waals surface area contributed by atoms with Crippen LogP contribution in [0.25, 0.3) is 10.2 Å². The molecule has 0 aliphatic heterocycles. The molecule has 0 saturated carbocycles. The Morgan fingerprint density at radius 1 is 1.04 bits per heavy atom. The number of rotatable bonds is 8. The molecule has 2 amide bonds. The van der Waals surface area contributed by atoms with Crippen molar-refractivity contribution in [1.29, 1.82) is 0 Å². The molecule has 0 aliphatic rings. The third-order valence-electron chi connectivity index (χ3n) is 3.80. The summed E-state index contributed by atoms with van der Waals surface area (Å²) in [5.74, 6) is 0.343. The Kier molecular flexibility index (Phi) is 6.84. The molecule has 0 saturated heterocycles. The number of benzene rings is 2. The highest BCUT2D eigenvalue weighted by Crippen LogP contribution is 2.21. The highest BCUT2D eigenvalue weighted by Gasteiger charge is 2.07. The highest BCUT2D eigenvalue weighted by atomic mass is 32.2. The lowest BCUT2D eigenvalue weighted by molar-refractivity contribution is -0.118. The first-order valence-electron chi connectivity index (χ1n) is 8.65. The first-order chi connectivity index (χ1) is 13.1. The molecular weight excluding hydrogens is 378 g/mol. The van der Waals surface area contributed by atoms with Crippen LogP contribution in [0.4, 0.5) is 5.69 Å². The zero-order chi connectivity index (χ0) is 19.1. The zero-order valence-corrected chi connectivity index (χ0v) is 16.7. The van der Waals surface area contributed by atoms with Crippen LogP contribution in [-0.4, -0.2) is 34.8 Å². The summed E-state index contributed by atoms with van der Waals surface area (Å²) in [6.45, 7) is 2.55. The van der Waals surface area contributed by atoms with E-state index in [2.05, 4.69) is 15.6 Å². The smallest absolute Gasteiger partial charge is 0.234 e. The van der Waals surface area contributed by atoms with Crippen molar-refractivity contribution in [2.75, 3.05) is 23.4 Å². The molecular formula is C20H21N3O2S2. The summed E-state index contributed by atoms with van der Waals surface area (Å²) in [5.41, 5.74) is 2.91. The maximum Gasteiger partial charge on any atom is 0.234 e. The van der Waals surface area contributed by atoms with Crippen molar-refractivity contribution in [3.63, 3.8) is 0 Å². The lowest BCUT2D eigenvalue weighted by Crippen LogP contribution is -2.28. The first-order valence-corrected chi connectivity index (χ1v) is 10.6. The predicted molar refractivity (Wildman–Crippen MR) is 113 cm³/mol. The largest absolute Gasteiger partial charge is 0.355 e. The van der Waals surface area contributed by atoms with Gasteiger partial charge in [0.1, 0.15) is 0 Å². The molecule has 1 heterocycles. The minimum atomic E-state index is -0.105. The van der Waals surface area contributed by atoms with Gasteiger partial charge < -0.3 is 10.6 Å². The maximum absolute atomic E-state index is 11.9. The highest BCUT2D eigenvalue weighted by molar-refractivity contribution is 8.00. The normalized spacial score (nSPS) is 10.7. The molecule has 0 radical (unpaired) electrons. The lowest BCUT2D eigenvalue weighted by atomic mass is 10.2. The van der Waals surface area contributed by atoms with Gasteiger partial charge >= 0.3 is 0 Å². The molecule has 0 bridgehead atoms. The number of nitrogens with zero attached hydrogens (tertiary/aromatic N) is 1. The standard InChI is InChI=1S/C20H21N3O2S2/c1-14-6-8-15(9-7-14)22-19(25)13-26-12-18(24)21-11-10-20-23-16-4-2-3-5-17(16)27-20/h2-9H,10-13H2,1H3,(H,21,24)(H,22,25). The van der Waals surface area contributed by atoms with E-state index in [1.54, 1.807) is 11.3 Å². The number of anilines is 1. The SMILES string of the molecule is Cc1ccc(NC(=O)CSCC(=O)NCCc2nc3ccccc3s2)cc1. The minimum Gasteiger partial charge on any atom is -0.355 e. The Hall–Kier alpha value is -2.38. The Morgan fingerprint density at radius 2 is 1.78 bits per heavy atom. The Balaban J connectivity index is 1.32. The molecule has 1 aromatic heterocycles. The topological polar surface area (TPSA) is 71.1 Å². The van der Waals surface area contributed by atoms with Crippen LogP contribution in [0.1, 0.15) is 10.6 Å². The predicted octanol–water partition coefficient (Wildman–Crippen LogP) is 3.64. The van der Waals surface area contributed by atoms with Gasteiger partial charge in [-0.2, -0.15) is 0 Å². The van der Waals surface area contributed by atoms with Crippen molar-refractivity contribution in [2.24, 2.45) is 0 Å². The van der Waals surface area contributed by atoms with Gasteiger partial charge in [0.2, 0.25) is 11.8 Å². The van der Waals surface area contributed by atoms with Gasteiger partial charge in [-0.3, -0.25) is 9.59 Å². The van der Waals surface area contributed by atoms with E-state index >= 15 is 0 Å². The third-order valence-corrected chi connectivity index (χ3v) is 5.83. The number of carbonyl (C=O) groups is 2. The average Bonchev–Trinajstić information content (AvgIpc) is 3.06. The molecule has 0 spiro atoms. The lowest BCUT2D eigenvalue weighted by Gasteiger charge is -2.06. The van der Waals surface area contributed by atoms with Crippen LogP contribution in [0.3, 0.4) is 0 Å². The van der Waals surface area contributed by atoms with E-state index in [1.165, 1.54) is 11.8 Å². The number of thiazole rings is 1. The zero-order valence-electron chi connectivity index (χ0n) is 15.0. The van der Waals surface area contributed by atoms with Crippen LogP contribution >= 0.6 is 23.1 Å². The molecule has 0 unspecified atom stereocenters. The molecule has 2 aromatic carbocycles. The van der Waals surface area contributed by atoms with Crippen LogP contribution in [0.5, 0.6) is 0 Å². The van der Waals surface area contributed by atoms with Gasteiger partial charge in [-0.1, -0.05) is 29.8 Å². The summed E-state index contributed by atoms with van der Waals surface area (Å²) in [4.78, 5) is 28.3. The monoisotopic (exact) mass is 399 g/mol. The summed E-state index contributed by atoms with van der Waals surface area (Å²) in [7, 11) is 0. The number of aromatic nitrogens is 1. The van der Waals surface area contributed by atoms with Crippen LogP contribution in [-0.2, 0) is 16.0 Å². The molecule has 3 aromatic rings. The van der Waals surface area contributed by atoms with E-state index in [-0.39, 0.29) is 23.3 Å². The van der Waals surface area contributed by atoms with Gasteiger partial charge in [0.05, 0.1) is 26.7 Å². The quantitative estimate of drug-likeness (QED) is 0.607. The van der Waals surface area contributed by atoms with E-state index in [0.29, 0.717) is 13.0 Å². The van der Waals surface area contributed by atoms with Crippen molar-refractivity contribution >= 4 is 50.8 Å². The number of thioether (sulfide) groups is 1. The number of hydrogen-bond acceptors (Lipinski definition) is 5. The van der Waals surface area contributed by atoms with E-state index in [1.807, 2.05) is 55.5 Å². The molecule has 7 heteroatoms.